The van der Waals surface area contributed by atoms with E-state index in [4.69, 9.17) is 14.2 Å². The lowest BCUT2D eigenvalue weighted by Gasteiger charge is -2.24. The van der Waals surface area contributed by atoms with Crippen LogP contribution in [0, 0.1) is 0 Å². The Labute approximate surface area is 107 Å². The molecule has 0 fully saturated rings. The number of carbonyl (C=O) groups is 2. The van der Waals surface area contributed by atoms with Crippen LogP contribution in [-0.2, 0) is 23.8 Å². The van der Waals surface area contributed by atoms with E-state index >= 15 is 0 Å². The maximum atomic E-state index is 11.3. The number of hydrogen-bond donors (Lipinski definition) is 0. The molecule has 5 nitrogen and oxygen atoms in total. The second-order valence-electron chi connectivity index (χ2n) is 3.98. The molecule has 18 heavy (non-hydrogen) atoms. The van der Waals surface area contributed by atoms with Crippen LogP contribution >= 0.6 is 0 Å². The number of ether oxygens (including phenoxy) is 3. The number of hydrogen-bond acceptors (Lipinski definition) is 5. The third kappa shape index (κ3) is 5.31. The first kappa shape index (κ1) is 14.7. The van der Waals surface area contributed by atoms with Gasteiger partial charge in [0.2, 0.25) is 0 Å². The Bertz CT molecular complexity index is 311. The highest BCUT2D eigenvalue weighted by molar-refractivity contribution is 5.71. The quantitative estimate of drug-likeness (QED) is 0.533. The molecule has 0 bridgehead atoms. The standard InChI is InChI=1S/C13H20O5/c1-3-16-12(14)8-10-6-5-7-11(18-10)9-13(15)17-4-2/h5-6,10-11H,3-4,7-9H2,1-2H3/t10-,11+/m0/s1. The third-order valence-electron chi connectivity index (χ3n) is 2.49. The highest BCUT2D eigenvalue weighted by Gasteiger charge is 2.23. The van der Waals surface area contributed by atoms with Gasteiger partial charge in [-0.05, 0) is 20.3 Å². The molecule has 2 atom stereocenters. The van der Waals surface area contributed by atoms with Crippen LogP contribution in [0.15, 0.2) is 12.2 Å². The van der Waals surface area contributed by atoms with Crippen LogP contribution in [-0.4, -0.2) is 37.4 Å². The summed E-state index contributed by atoms with van der Waals surface area (Å²) in [4.78, 5) is 22.6. The molecule has 1 heterocycles. The summed E-state index contributed by atoms with van der Waals surface area (Å²) < 4.78 is 15.4. The van der Waals surface area contributed by atoms with Crippen molar-refractivity contribution in [2.75, 3.05) is 13.2 Å². The van der Waals surface area contributed by atoms with Crippen molar-refractivity contribution in [2.24, 2.45) is 0 Å². The van der Waals surface area contributed by atoms with Gasteiger partial charge in [-0.2, -0.15) is 0 Å². The second-order valence-corrected chi connectivity index (χ2v) is 3.98. The molecule has 0 saturated carbocycles. The maximum Gasteiger partial charge on any atom is 0.308 e. The molecule has 0 aromatic rings. The zero-order chi connectivity index (χ0) is 13.4. The fourth-order valence-corrected chi connectivity index (χ4v) is 1.77. The molecule has 0 unspecified atom stereocenters. The van der Waals surface area contributed by atoms with Gasteiger partial charge < -0.3 is 14.2 Å². The Morgan fingerprint density at radius 2 is 1.78 bits per heavy atom. The average Bonchev–Trinajstić information content (AvgIpc) is 2.29. The molecule has 0 saturated heterocycles. The van der Waals surface area contributed by atoms with E-state index in [0.29, 0.717) is 19.6 Å². The van der Waals surface area contributed by atoms with Crippen molar-refractivity contribution in [1.29, 1.82) is 0 Å². The van der Waals surface area contributed by atoms with Crippen LogP contribution in [0.3, 0.4) is 0 Å². The minimum atomic E-state index is -0.308. The van der Waals surface area contributed by atoms with Crippen LogP contribution in [0.2, 0.25) is 0 Å². The zero-order valence-corrected chi connectivity index (χ0v) is 10.9. The summed E-state index contributed by atoms with van der Waals surface area (Å²) in [5.41, 5.74) is 0. The van der Waals surface area contributed by atoms with E-state index in [0.717, 1.165) is 0 Å². The number of carbonyl (C=O) groups excluding carboxylic acids is 2. The van der Waals surface area contributed by atoms with Gasteiger partial charge in [0, 0.05) is 0 Å². The largest absolute Gasteiger partial charge is 0.466 e. The predicted molar refractivity (Wildman–Crippen MR) is 64.9 cm³/mol. The molecular weight excluding hydrogens is 236 g/mol. The van der Waals surface area contributed by atoms with Crippen molar-refractivity contribution in [1.82, 2.24) is 0 Å². The van der Waals surface area contributed by atoms with Crippen LogP contribution in [0.4, 0.5) is 0 Å². The summed E-state index contributed by atoms with van der Waals surface area (Å²) in [6.07, 6.45) is 4.31. The Kier molecular flexibility index (Phi) is 6.43. The monoisotopic (exact) mass is 256 g/mol. The van der Waals surface area contributed by atoms with Gasteiger partial charge in [0.1, 0.15) is 0 Å². The number of rotatable bonds is 6. The summed E-state index contributed by atoms with van der Waals surface area (Å²) >= 11 is 0. The lowest BCUT2D eigenvalue weighted by atomic mass is 10.1. The van der Waals surface area contributed by atoms with Gasteiger partial charge in [-0.3, -0.25) is 9.59 Å². The normalized spacial score (nSPS) is 22.6. The summed E-state index contributed by atoms with van der Waals surface area (Å²) in [5.74, 6) is -0.559. The van der Waals surface area contributed by atoms with E-state index in [-0.39, 0.29) is 37.0 Å². The van der Waals surface area contributed by atoms with Gasteiger partial charge in [0.05, 0.1) is 38.3 Å². The van der Waals surface area contributed by atoms with Crippen molar-refractivity contribution >= 4 is 11.9 Å². The Balaban J connectivity index is 2.36. The first-order valence-corrected chi connectivity index (χ1v) is 6.29. The van der Waals surface area contributed by atoms with Gasteiger partial charge in [0.15, 0.2) is 0 Å². The summed E-state index contributed by atoms with van der Waals surface area (Å²) in [5, 5.41) is 0. The van der Waals surface area contributed by atoms with Gasteiger partial charge in [-0.25, -0.2) is 0 Å². The molecule has 5 heteroatoms. The summed E-state index contributed by atoms with van der Waals surface area (Å²) in [6.45, 7) is 4.26. The highest BCUT2D eigenvalue weighted by atomic mass is 16.5. The minimum Gasteiger partial charge on any atom is -0.466 e. The fraction of sp³-hybridized carbons (Fsp3) is 0.692. The topological polar surface area (TPSA) is 61.8 Å². The van der Waals surface area contributed by atoms with E-state index in [1.54, 1.807) is 13.8 Å². The molecule has 1 aliphatic heterocycles. The number of esters is 2. The highest BCUT2D eigenvalue weighted by Crippen LogP contribution is 2.18. The van der Waals surface area contributed by atoms with E-state index in [1.807, 2.05) is 12.2 Å². The molecule has 102 valence electrons. The molecule has 1 aliphatic rings. The molecule has 0 aliphatic carbocycles. The first-order chi connectivity index (χ1) is 8.65. The van der Waals surface area contributed by atoms with Gasteiger partial charge >= 0.3 is 11.9 Å². The van der Waals surface area contributed by atoms with E-state index in [9.17, 15) is 9.59 Å². The Morgan fingerprint density at radius 1 is 1.17 bits per heavy atom. The average molecular weight is 256 g/mol. The van der Waals surface area contributed by atoms with Crippen molar-refractivity contribution < 1.29 is 23.8 Å². The summed E-state index contributed by atoms with van der Waals surface area (Å²) in [7, 11) is 0. The lowest BCUT2D eigenvalue weighted by molar-refractivity contribution is -0.149. The second kappa shape index (κ2) is 7.87. The fourth-order valence-electron chi connectivity index (χ4n) is 1.77. The predicted octanol–water partition coefficient (Wildman–Crippen LogP) is 1.61. The first-order valence-electron chi connectivity index (χ1n) is 6.29. The van der Waals surface area contributed by atoms with E-state index < -0.39 is 0 Å². The van der Waals surface area contributed by atoms with Crippen LogP contribution in [0.25, 0.3) is 0 Å². The third-order valence-corrected chi connectivity index (χ3v) is 2.49. The van der Waals surface area contributed by atoms with Crippen molar-refractivity contribution in [3.63, 3.8) is 0 Å². The van der Waals surface area contributed by atoms with Crippen molar-refractivity contribution in [2.45, 2.75) is 45.3 Å². The molecule has 0 radical (unpaired) electrons. The smallest absolute Gasteiger partial charge is 0.308 e. The van der Waals surface area contributed by atoms with E-state index in [1.165, 1.54) is 0 Å². The molecule has 0 spiro atoms. The molecular formula is C13H20O5. The summed E-state index contributed by atoms with van der Waals surface area (Å²) in [6, 6.07) is 0. The molecule has 0 amide bonds. The minimum absolute atomic E-state index is 0.184. The molecule has 0 aromatic heterocycles. The maximum absolute atomic E-state index is 11.3. The van der Waals surface area contributed by atoms with Crippen molar-refractivity contribution in [3.8, 4) is 0 Å². The van der Waals surface area contributed by atoms with Gasteiger partial charge in [-0.1, -0.05) is 12.2 Å². The zero-order valence-electron chi connectivity index (χ0n) is 10.9. The SMILES string of the molecule is CCOC(=O)C[C@H]1CC=C[C@@H](CC(=O)OCC)O1. The Hall–Kier alpha value is -1.36. The van der Waals surface area contributed by atoms with Crippen LogP contribution in [0.5, 0.6) is 0 Å². The van der Waals surface area contributed by atoms with Crippen LogP contribution in [0.1, 0.15) is 33.1 Å². The van der Waals surface area contributed by atoms with Crippen molar-refractivity contribution in [3.05, 3.63) is 12.2 Å². The molecule has 0 N–H and O–H groups in total. The van der Waals surface area contributed by atoms with Gasteiger partial charge in [0.25, 0.3) is 0 Å². The molecule has 0 aromatic carbocycles. The van der Waals surface area contributed by atoms with Gasteiger partial charge in [-0.15, -0.1) is 0 Å². The van der Waals surface area contributed by atoms with E-state index in [2.05, 4.69) is 0 Å². The Morgan fingerprint density at radius 3 is 2.39 bits per heavy atom. The molecule has 1 rings (SSSR count). The van der Waals surface area contributed by atoms with Crippen LogP contribution < -0.4 is 0 Å². The lowest BCUT2D eigenvalue weighted by Crippen LogP contribution is -2.29.